The molecular formula is C14H19F3N4O2. The fourth-order valence-corrected chi connectivity index (χ4v) is 2.84. The van der Waals surface area contributed by atoms with E-state index in [-0.39, 0.29) is 31.2 Å². The highest BCUT2D eigenvalue weighted by molar-refractivity contribution is 5.88. The zero-order valence-corrected chi connectivity index (χ0v) is 13.1. The molecule has 1 unspecified atom stereocenters. The van der Waals surface area contributed by atoms with Crippen LogP contribution in [0.25, 0.3) is 0 Å². The molecular weight excluding hydrogens is 313 g/mol. The van der Waals surface area contributed by atoms with Crippen LogP contribution in [-0.4, -0.2) is 47.3 Å². The standard InChI is InChI=1S/C14H19F3N4O2/c1-13(2)7-21(5-4-9(13)14(15,16)17)12(22)20-10-6-11(23-3)19-8-18-10/h6,8-9H,4-5,7H2,1-3H3,(H,18,19,20,22). The first-order chi connectivity index (χ1) is 10.6. The number of nitrogens with one attached hydrogen (secondary N) is 1. The number of nitrogens with zero attached hydrogens (tertiary/aromatic N) is 3. The van der Waals surface area contributed by atoms with Crippen LogP contribution in [0.5, 0.6) is 5.88 Å². The summed E-state index contributed by atoms with van der Waals surface area (Å²) < 4.78 is 44.1. The van der Waals surface area contributed by atoms with E-state index in [0.717, 1.165) is 0 Å². The van der Waals surface area contributed by atoms with E-state index in [2.05, 4.69) is 15.3 Å². The summed E-state index contributed by atoms with van der Waals surface area (Å²) in [6, 6.07) is 0.949. The van der Waals surface area contributed by atoms with Crippen molar-refractivity contribution in [2.24, 2.45) is 11.3 Å². The van der Waals surface area contributed by atoms with E-state index in [1.54, 1.807) is 0 Å². The summed E-state index contributed by atoms with van der Waals surface area (Å²) in [5.74, 6) is -0.901. The number of hydrogen-bond donors (Lipinski definition) is 1. The van der Waals surface area contributed by atoms with Crippen molar-refractivity contribution < 1.29 is 22.7 Å². The summed E-state index contributed by atoms with van der Waals surface area (Å²) in [6.45, 7) is 3.11. The summed E-state index contributed by atoms with van der Waals surface area (Å²) in [4.78, 5) is 21.3. The smallest absolute Gasteiger partial charge is 0.392 e. The second-order valence-corrected chi connectivity index (χ2v) is 6.17. The molecule has 0 bridgehead atoms. The molecule has 23 heavy (non-hydrogen) atoms. The van der Waals surface area contributed by atoms with Gasteiger partial charge in [-0.05, 0) is 11.8 Å². The van der Waals surface area contributed by atoms with Gasteiger partial charge in [0, 0.05) is 19.2 Å². The highest BCUT2D eigenvalue weighted by atomic mass is 19.4. The normalized spacial score (nSPS) is 21.0. The lowest BCUT2D eigenvalue weighted by molar-refractivity contribution is -0.214. The van der Waals surface area contributed by atoms with E-state index in [1.165, 1.54) is 38.3 Å². The molecule has 1 aliphatic rings. The van der Waals surface area contributed by atoms with E-state index in [0.29, 0.717) is 0 Å². The Morgan fingerprint density at radius 3 is 2.70 bits per heavy atom. The number of urea groups is 1. The largest absolute Gasteiger partial charge is 0.481 e. The molecule has 2 rings (SSSR count). The molecule has 1 N–H and O–H groups in total. The Kier molecular flexibility index (Phi) is 4.67. The van der Waals surface area contributed by atoms with Crippen LogP contribution in [0.15, 0.2) is 12.4 Å². The molecule has 0 aliphatic carbocycles. The number of methoxy groups -OCH3 is 1. The second-order valence-electron chi connectivity index (χ2n) is 6.17. The third-order valence-electron chi connectivity index (χ3n) is 4.00. The molecule has 1 aliphatic heterocycles. The summed E-state index contributed by atoms with van der Waals surface area (Å²) in [5.41, 5.74) is -1.04. The molecule has 2 heterocycles. The van der Waals surface area contributed by atoms with Crippen LogP contribution in [0.3, 0.4) is 0 Å². The summed E-state index contributed by atoms with van der Waals surface area (Å²) in [7, 11) is 1.43. The zero-order chi connectivity index (χ0) is 17.3. The number of carbonyl (C=O) groups excluding carboxylic acids is 1. The SMILES string of the molecule is COc1cc(NC(=O)N2CCC(C(F)(F)F)C(C)(C)C2)ncn1. The van der Waals surface area contributed by atoms with Crippen LogP contribution in [0.4, 0.5) is 23.8 Å². The average molecular weight is 332 g/mol. The number of amides is 2. The van der Waals surface area contributed by atoms with Gasteiger partial charge in [-0.3, -0.25) is 5.32 Å². The Hall–Kier alpha value is -2.06. The number of piperidine rings is 1. The molecule has 0 aromatic carbocycles. The Labute approximate surface area is 132 Å². The van der Waals surface area contributed by atoms with Gasteiger partial charge in [-0.2, -0.15) is 13.2 Å². The Morgan fingerprint density at radius 1 is 1.43 bits per heavy atom. The molecule has 1 fully saturated rings. The predicted molar refractivity (Wildman–Crippen MR) is 77.1 cm³/mol. The van der Waals surface area contributed by atoms with Crippen molar-refractivity contribution in [1.82, 2.24) is 14.9 Å². The van der Waals surface area contributed by atoms with Crippen LogP contribution in [0, 0.1) is 11.3 Å². The van der Waals surface area contributed by atoms with Crippen molar-refractivity contribution in [2.75, 3.05) is 25.5 Å². The average Bonchev–Trinajstić information content (AvgIpc) is 2.44. The number of rotatable bonds is 2. The Balaban J connectivity index is 2.04. The maximum Gasteiger partial charge on any atom is 0.392 e. The minimum absolute atomic E-state index is 0.0191. The number of halogens is 3. The topological polar surface area (TPSA) is 67.3 Å². The summed E-state index contributed by atoms with van der Waals surface area (Å²) in [6.07, 6.45) is -3.14. The molecule has 2 amide bonds. The van der Waals surface area contributed by atoms with Gasteiger partial charge in [0.2, 0.25) is 5.88 Å². The fourth-order valence-electron chi connectivity index (χ4n) is 2.84. The van der Waals surface area contributed by atoms with E-state index >= 15 is 0 Å². The molecule has 0 radical (unpaired) electrons. The first kappa shape index (κ1) is 17.3. The third-order valence-corrected chi connectivity index (χ3v) is 4.00. The van der Waals surface area contributed by atoms with Gasteiger partial charge in [0.1, 0.15) is 12.1 Å². The number of anilines is 1. The van der Waals surface area contributed by atoms with Crippen LogP contribution < -0.4 is 10.1 Å². The van der Waals surface area contributed by atoms with Gasteiger partial charge < -0.3 is 9.64 Å². The highest BCUT2D eigenvalue weighted by Crippen LogP contribution is 2.45. The Morgan fingerprint density at radius 2 is 2.13 bits per heavy atom. The molecule has 128 valence electrons. The molecule has 0 spiro atoms. The van der Waals surface area contributed by atoms with Gasteiger partial charge in [-0.25, -0.2) is 14.8 Å². The van der Waals surface area contributed by atoms with Gasteiger partial charge in [-0.1, -0.05) is 13.8 Å². The van der Waals surface area contributed by atoms with Crippen molar-refractivity contribution >= 4 is 11.8 Å². The zero-order valence-electron chi connectivity index (χ0n) is 13.1. The number of hydrogen-bond acceptors (Lipinski definition) is 4. The number of likely N-dealkylation sites (tertiary alicyclic amines) is 1. The monoisotopic (exact) mass is 332 g/mol. The van der Waals surface area contributed by atoms with E-state index in [4.69, 9.17) is 4.74 Å². The maximum absolute atomic E-state index is 13.0. The first-order valence-electron chi connectivity index (χ1n) is 7.12. The molecule has 9 heteroatoms. The highest BCUT2D eigenvalue weighted by Gasteiger charge is 2.51. The maximum atomic E-state index is 13.0. The van der Waals surface area contributed by atoms with Gasteiger partial charge in [0.25, 0.3) is 0 Å². The molecule has 0 saturated carbocycles. The van der Waals surface area contributed by atoms with Gasteiger partial charge in [0.15, 0.2) is 0 Å². The predicted octanol–water partition coefficient (Wildman–Crippen LogP) is 2.93. The lowest BCUT2D eigenvalue weighted by atomic mass is 9.73. The van der Waals surface area contributed by atoms with E-state index in [9.17, 15) is 18.0 Å². The van der Waals surface area contributed by atoms with Gasteiger partial charge >= 0.3 is 12.2 Å². The van der Waals surface area contributed by atoms with Gasteiger partial charge in [-0.15, -0.1) is 0 Å². The lowest BCUT2D eigenvalue weighted by Crippen LogP contribution is -2.53. The minimum Gasteiger partial charge on any atom is -0.481 e. The minimum atomic E-state index is -4.26. The first-order valence-corrected chi connectivity index (χ1v) is 7.12. The van der Waals surface area contributed by atoms with E-state index in [1.807, 2.05) is 0 Å². The van der Waals surface area contributed by atoms with Crippen LogP contribution in [0.2, 0.25) is 0 Å². The third kappa shape index (κ3) is 4.02. The summed E-state index contributed by atoms with van der Waals surface area (Å²) in [5, 5.41) is 2.55. The summed E-state index contributed by atoms with van der Waals surface area (Å²) >= 11 is 0. The quantitative estimate of drug-likeness (QED) is 0.904. The van der Waals surface area contributed by atoms with Crippen molar-refractivity contribution in [2.45, 2.75) is 26.4 Å². The fraction of sp³-hybridized carbons (Fsp3) is 0.643. The molecule has 1 atom stereocenters. The molecule has 1 aromatic heterocycles. The Bertz CT molecular complexity index is 577. The van der Waals surface area contributed by atoms with Crippen molar-refractivity contribution in [3.05, 3.63) is 12.4 Å². The van der Waals surface area contributed by atoms with Crippen molar-refractivity contribution in [3.63, 3.8) is 0 Å². The lowest BCUT2D eigenvalue weighted by Gasteiger charge is -2.44. The van der Waals surface area contributed by atoms with Crippen molar-refractivity contribution in [1.29, 1.82) is 0 Å². The van der Waals surface area contributed by atoms with Crippen LogP contribution in [0.1, 0.15) is 20.3 Å². The number of alkyl halides is 3. The molecule has 1 aromatic rings. The number of aromatic nitrogens is 2. The number of carbonyl (C=O) groups is 1. The molecule has 6 nitrogen and oxygen atoms in total. The van der Waals surface area contributed by atoms with Crippen LogP contribution in [-0.2, 0) is 0 Å². The van der Waals surface area contributed by atoms with E-state index < -0.39 is 23.5 Å². The number of ether oxygens (including phenoxy) is 1. The molecule has 1 saturated heterocycles. The van der Waals surface area contributed by atoms with Gasteiger partial charge in [0.05, 0.1) is 13.0 Å². The van der Waals surface area contributed by atoms with Crippen molar-refractivity contribution in [3.8, 4) is 5.88 Å². The van der Waals surface area contributed by atoms with Crippen LogP contribution >= 0.6 is 0 Å². The second kappa shape index (κ2) is 6.21.